The Labute approximate surface area is 757 Å². The molecule has 0 aromatic carbocycles. The molecule has 11 aliphatic rings. The van der Waals surface area contributed by atoms with Crippen molar-refractivity contribution in [3.05, 3.63) is 0 Å². The van der Waals surface area contributed by atoms with Crippen LogP contribution in [0.3, 0.4) is 0 Å². The van der Waals surface area contributed by atoms with E-state index in [0.717, 1.165) is 27.7 Å². The largest absolute Gasteiger partial charge is 0.479 e. The third-order valence-electron chi connectivity index (χ3n) is 24.5. The number of aliphatic hydroxyl groups excluding tert-OH is 29. The molecule has 11 aliphatic heterocycles. The molecule has 55 atom stereocenters. The van der Waals surface area contributed by atoms with E-state index in [9.17, 15) is 177 Å². The molecule has 0 aliphatic carbocycles. The molecule has 0 aromatic heterocycles. The molecule has 4 amide bonds. The molecular weight excluding hydrogens is 1840 g/mol. The number of ether oxygens (including phenoxy) is 21. The molecule has 134 heavy (non-hydrogen) atoms. The number of carbonyl (C=O) groups excluding carboxylic acids is 4. The van der Waals surface area contributed by atoms with Gasteiger partial charge >= 0.3 is 5.97 Å². The SMILES string of the molecule is CC(=O)N[C@@H]1[C@@H](O)[C@H](O[C@@H]2O[C@H](CO)[C@@H](O[C@@H]3O[C@H](CO[C@@H]4O[C@H](CO)[C@@H](O)[C@H](O[C@H]5O[C@H](CO)[C@@H](O)[C@H](O)[C@@H]5O)[C@@H]4O)[C@@H](O[C@@H]4O[C@H](CO)[C@@H](O)[C@H](O)[C@H]4NC(C)=O)[C@H](O[C@@H]4O[C@H](CO)[C@@H](O)[C@H](O)[C@@H]4O[C@@H]4O[C@H](CO)[C@@H](O[C@@H]5O[C@H](CO)[C@H](O)[C@H](O[C@@H]6O[C@H](C(=O)O)[C@@H](O)[C@H](O)[C@H]6O)[C@@H]5O)[C@H](O)[C@H]4NC(C)=O)[C@@H]3O)[C@H](O)[C@H]2NC(C)=O)[C@@H](CO[C@@H]2O[C@H](C)[C@H](O)[C@H](O)[C@H]2O)O[C@H]1O. The fourth-order valence-electron chi connectivity index (χ4n) is 17.3. The van der Waals surface area contributed by atoms with Crippen LogP contribution in [-0.4, -0.2) is 580 Å². The standard InChI is InChI=1S/C74H122N4O56/c1-15-33(90)43(100)48(105)68(116-15)114-13-27-56(40(97)29(64(113)117-27)75-16(2)86)126-66-31(77-18(4)88)41(98)55(25(11-84)123-66)128-73-53(110)60(57(129-65-30(76-17(3)87)39(96)34(91)20(6-79)118-65)28(125-73)14-115-69-51(108)58(37(94)23(9-82)119-69)130-70-49(106)44(101)35(92)21(7-80)120-70)132-74-62(46(103)36(93)22(8-81)122-74)134-67-32(78-19(5)89)42(99)54(26(12-85)124-67)127-72-52(109)59(38(95)24(10-83)121-72)131-71-50(107)45(102)47(104)61(133-71)63(111)112/h15,20-62,64-74,79-85,90-110,113H,6-14H2,1-5H3,(H,75,86)(H,76,87)(H,77,88)(H,78,89)(H,111,112)/t15-,20-,21-,22-,23-,24-,25-,26-,27-,28-,29-,30-,31-,32-,33+,34-,35-,36-,37-,38+,39-,40-,41-,42-,43+,44+,45+,46+,47+,48-,49+,50-,51+,52+,53+,54-,55-,56-,57-,58+,59+,60-,61+,62+,64-,65+,66+,67+,68-,69-,70-,71-,72+,73+,74+/m1/s1. The fraction of sp³-hybridized carbons (Fsp3) is 0.932. The average Bonchev–Trinajstić information content (AvgIpc) is 0.755. The van der Waals surface area contributed by atoms with Crippen molar-refractivity contribution in [3.63, 3.8) is 0 Å². The van der Waals surface area contributed by atoms with E-state index in [1.54, 1.807) is 0 Å². The van der Waals surface area contributed by atoms with Crippen LogP contribution < -0.4 is 21.3 Å². The van der Waals surface area contributed by atoms with Gasteiger partial charge in [0.15, 0.2) is 75.3 Å². The second-order valence-electron chi connectivity index (χ2n) is 33.8. The lowest BCUT2D eigenvalue weighted by Crippen LogP contribution is -2.71. The molecule has 0 aromatic rings. The summed E-state index contributed by atoms with van der Waals surface area (Å²) in [5.74, 6) is -5.94. The van der Waals surface area contributed by atoms with Gasteiger partial charge in [-0.2, -0.15) is 0 Å². The van der Waals surface area contributed by atoms with Crippen molar-refractivity contribution in [3.8, 4) is 0 Å². The van der Waals surface area contributed by atoms with Crippen LogP contribution >= 0.6 is 0 Å². The highest BCUT2D eigenvalue weighted by Crippen LogP contribution is 2.42. The molecule has 11 fully saturated rings. The van der Waals surface area contributed by atoms with Crippen LogP contribution in [0.25, 0.3) is 0 Å². The van der Waals surface area contributed by atoms with E-state index >= 15 is 0 Å². The molecule has 11 rings (SSSR count). The second kappa shape index (κ2) is 47.5. The first-order chi connectivity index (χ1) is 63.3. The number of carboxylic acids is 1. The van der Waals surface area contributed by atoms with Gasteiger partial charge in [-0.3, -0.25) is 19.2 Å². The van der Waals surface area contributed by atoms with Crippen molar-refractivity contribution < 1.29 is 277 Å². The van der Waals surface area contributed by atoms with Crippen LogP contribution in [0.15, 0.2) is 0 Å². The van der Waals surface area contributed by atoms with Gasteiger partial charge in [0.05, 0.1) is 65.6 Å². The van der Waals surface area contributed by atoms with Crippen LogP contribution in [-0.2, 0) is 123 Å². The summed E-state index contributed by atoms with van der Waals surface area (Å²) >= 11 is 0. The maximum atomic E-state index is 13.5. The van der Waals surface area contributed by atoms with Crippen molar-refractivity contribution in [2.45, 2.75) is 372 Å². The zero-order valence-corrected chi connectivity index (χ0v) is 71.6. The number of nitrogens with one attached hydrogen (secondary N) is 4. The van der Waals surface area contributed by atoms with E-state index in [0.29, 0.717) is 0 Å². The average molecular weight is 1960 g/mol. The quantitative estimate of drug-likeness (QED) is 0.0284. The summed E-state index contributed by atoms with van der Waals surface area (Å²) in [5.41, 5.74) is 0. The minimum absolute atomic E-state index is 0.848. The molecule has 0 bridgehead atoms. The molecule has 60 heteroatoms. The Kier molecular flexibility index (Phi) is 38.9. The minimum atomic E-state index is -2.82. The summed E-state index contributed by atoms with van der Waals surface area (Å²) in [5, 5.41) is 346. The number of carboxylic acid groups (broad SMARTS) is 1. The Bertz CT molecular complexity index is 3720. The van der Waals surface area contributed by atoms with Gasteiger partial charge in [-0.15, -0.1) is 0 Å². The third kappa shape index (κ3) is 24.0. The zero-order valence-electron chi connectivity index (χ0n) is 71.6. The normalized spacial score (nSPS) is 49.8. The summed E-state index contributed by atoms with van der Waals surface area (Å²) in [6, 6.07) is -8.16. The van der Waals surface area contributed by atoms with Crippen LogP contribution in [0.5, 0.6) is 0 Å². The summed E-state index contributed by atoms with van der Waals surface area (Å²) in [7, 11) is 0. The van der Waals surface area contributed by atoms with Crippen LogP contribution in [0.4, 0.5) is 0 Å². The topological polar surface area (TPSA) is 934 Å². The van der Waals surface area contributed by atoms with Crippen LogP contribution in [0.2, 0.25) is 0 Å². The van der Waals surface area contributed by atoms with Crippen molar-refractivity contribution >= 4 is 29.6 Å². The van der Waals surface area contributed by atoms with E-state index in [-0.39, 0.29) is 0 Å². The number of aliphatic hydroxyl groups is 29. The Morgan fingerprint density at radius 1 is 0.231 bits per heavy atom. The second-order valence-corrected chi connectivity index (χ2v) is 33.8. The smallest absolute Gasteiger partial charge is 0.335 e. The predicted molar refractivity (Wildman–Crippen MR) is 408 cm³/mol. The van der Waals surface area contributed by atoms with E-state index < -0.39 is 427 Å². The summed E-state index contributed by atoms with van der Waals surface area (Å²) in [4.78, 5) is 64.6. The first-order valence-corrected chi connectivity index (χ1v) is 42.5. The van der Waals surface area contributed by atoms with Crippen LogP contribution in [0.1, 0.15) is 34.6 Å². The van der Waals surface area contributed by atoms with E-state index in [1.165, 1.54) is 6.92 Å². The fourth-order valence-corrected chi connectivity index (χ4v) is 17.3. The summed E-state index contributed by atoms with van der Waals surface area (Å²) in [6.07, 6.45) is -113. The number of amides is 4. The number of aliphatic carboxylic acids is 1. The Morgan fingerprint density at radius 2 is 0.515 bits per heavy atom. The maximum absolute atomic E-state index is 13.5. The lowest BCUT2D eigenvalue weighted by molar-refractivity contribution is -0.409. The molecule has 0 radical (unpaired) electrons. The summed E-state index contributed by atoms with van der Waals surface area (Å²) in [6.45, 7) is -5.98. The van der Waals surface area contributed by atoms with Gasteiger partial charge in [0, 0.05) is 27.7 Å². The molecule has 11 saturated heterocycles. The molecular formula is C74H122N4O56. The van der Waals surface area contributed by atoms with Crippen molar-refractivity contribution in [2.24, 2.45) is 0 Å². The van der Waals surface area contributed by atoms with Gasteiger partial charge in [-0.05, 0) is 6.92 Å². The first kappa shape index (κ1) is 110. The molecule has 11 heterocycles. The van der Waals surface area contributed by atoms with Crippen molar-refractivity contribution in [1.82, 2.24) is 21.3 Å². The molecule has 774 valence electrons. The highest BCUT2D eigenvalue weighted by Gasteiger charge is 2.63. The molecule has 0 spiro atoms. The lowest BCUT2D eigenvalue weighted by Gasteiger charge is -2.52. The van der Waals surface area contributed by atoms with Gasteiger partial charge < -0.3 is 274 Å². The van der Waals surface area contributed by atoms with Crippen LogP contribution in [0, 0.1) is 0 Å². The van der Waals surface area contributed by atoms with E-state index in [2.05, 4.69) is 21.3 Å². The van der Waals surface area contributed by atoms with Crippen molar-refractivity contribution in [2.75, 3.05) is 59.5 Å². The van der Waals surface area contributed by atoms with E-state index in [4.69, 9.17) is 99.5 Å². The molecule has 0 unspecified atom stereocenters. The number of hydrogen-bond donors (Lipinski definition) is 34. The highest BCUT2D eigenvalue weighted by atomic mass is 16.8. The first-order valence-electron chi connectivity index (χ1n) is 42.5. The van der Waals surface area contributed by atoms with Gasteiger partial charge in [-0.25, -0.2) is 4.79 Å². The Balaban J connectivity index is 0.981. The van der Waals surface area contributed by atoms with Gasteiger partial charge in [0.2, 0.25) is 23.6 Å². The zero-order chi connectivity index (χ0) is 98.7. The molecule has 34 N–H and O–H groups in total. The van der Waals surface area contributed by atoms with Crippen molar-refractivity contribution in [1.29, 1.82) is 0 Å². The number of carbonyl (C=O) groups is 5. The van der Waals surface area contributed by atoms with Gasteiger partial charge in [-0.1, -0.05) is 0 Å². The maximum Gasteiger partial charge on any atom is 0.335 e. The van der Waals surface area contributed by atoms with Gasteiger partial charge in [0.25, 0.3) is 0 Å². The predicted octanol–water partition coefficient (Wildman–Crippen LogP) is -23.3. The molecule has 60 nitrogen and oxygen atoms in total. The monoisotopic (exact) mass is 1960 g/mol. The van der Waals surface area contributed by atoms with Gasteiger partial charge in [0.1, 0.15) is 256 Å². The molecule has 0 saturated carbocycles. The van der Waals surface area contributed by atoms with E-state index in [1.807, 2.05) is 0 Å². The number of rotatable bonds is 34. The Hall–Kier alpha value is -4.65. The lowest BCUT2D eigenvalue weighted by atomic mass is 9.93. The minimum Gasteiger partial charge on any atom is -0.479 e. The number of hydrogen-bond acceptors (Lipinski definition) is 55. The summed E-state index contributed by atoms with van der Waals surface area (Å²) < 4.78 is 126. The Morgan fingerprint density at radius 3 is 0.970 bits per heavy atom. The third-order valence-corrected chi connectivity index (χ3v) is 24.5. The highest BCUT2D eigenvalue weighted by molar-refractivity contribution is 5.75.